The molecule has 0 aliphatic carbocycles. The number of nitro groups is 1. The van der Waals surface area contributed by atoms with Crippen LogP contribution in [0.1, 0.15) is 30.8 Å². The predicted molar refractivity (Wildman–Crippen MR) is 88.6 cm³/mol. The summed E-state index contributed by atoms with van der Waals surface area (Å²) in [5, 5.41) is 26.7. The number of carbonyl (C=O) groups is 2. The van der Waals surface area contributed by atoms with Crippen LogP contribution in [0.25, 0.3) is 5.69 Å². The van der Waals surface area contributed by atoms with E-state index in [0.29, 0.717) is 0 Å². The van der Waals surface area contributed by atoms with Crippen molar-refractivity contribution in [2.75, 3.05) is 0 Å². The number of rotatable bonds is 7. The molecule has 2 rings (SSSR count). The Morgan fingerprint density at radius 1 is 1.32 bits per heavy atom. The average molecular weight is 346 g/mol. The number of carboxylic acids is 1. The van der Waals surface area contributed by atoms with E-state index in [-0.39, 0.29) is 29.4 Å². The molecule has 1 amide bonds. The molecule has 25 heavy (non-hydrogen) atoms. The van der Waals surface area contributed by atoms with E-state index in [1.807, 2.05) is 13.8 Å². The van der Waals surface area contributed by atoms with E-state index in [1.54, 1.807) is 6.07 Å². The molecule has 0 aliphatic rings. The van der Waals surface area contributed by atoms with Crippen molar-refractivity contribution in [3.8, 4) is 5.69 Å². The molecule has 9 nitrogen and oxygen atoms in total. The zero-order valence-corrected chi connectivity index (χ0v) is 13.7. The summed E-state index contributed by atoms with van der Waals surface area (Å²) in [5.41, 5.74) is 0.0393. The van der Waals surface area contributed by atoms with E-state index in [2.05, 4.69) is 10.4 Å². The van der Waals surface area contributed by atoms with Crippen LogP contribution < -0.4 is 5.32 Å². The zero-order valence-electron chi connectivity index (χ0n) is 13.7. The Morgan fingerprint density at radius 3 is 2.60 bits per heavy atom. The Morgan fingerprint density at radius 2 is 2.00 bits per heavy atom. The van der Waals surface area contributed by atoms with E-state index < -0.39 is 22.8 Å². The Labute approximate surface area is 143 Å². The first-order chi connectivity index (χ1) is 11.8. The van der Waals surface area contributed by atoms with Crippen LogP contribution in [0.15, 0.2) is 36.5 Å². The van der Waals surface area contributed by atoms with E-state index in [4.69, 9.17) is 0 Å². The maximum Gasteiger partial charge on any atom is 0.326 e. The van der Waals surface area contributed by atoms with Gasteiger partial charge in [0.15, 0.2) is 5.69 Å². The van der Waals surface area contributed by atoms with E-state index >= 15 is 0 Å². The highest BCUT2D eigenvalue weighted by molar-refractivity contribution is 5.94. The maximum absolute atomic E-state index is 12.2. The number of nitrogens with one attached hydrogen (secondary N) is 1. The molecule has 0 fully saturated rings. The number of amides is 1. The fourth-order valence-corrected chi connectivity index (χ4v) is 2.32. The number of aliphatic carboxylic acids is 1. The third-order valence-electron chi connectivity index (χ3n) is 3.46. The summed E-state index contributed by atoms with van der Waals surface area (Å²) < 4.78 is 1.21. The van der Waals surface area contributed by atoms with Crippen LogP contribution in [-0.2, 0) is 4.79 Å². The molecule has 0 radical (unpaired) electrons. The van der Waals surface area contributed by atoms with Gasteiger partial charge in [-0.15, -0.1) is 0 Å². The molecular weight excluding hydrogens is 328 g/mol. The van der Waals surface area contributed by atoms with Crippen molar-refractivity contribution in [3.63, 3.8) is 0 Å². The summed E-state index contributed by atoms with van der Waals surface area (Å²) in [6.07, 6.45) is 1.70. The van der Waals surface area contributed by atoms with E-state index in [1.165, 1.54) is 35.1 Å². The zero-order chi connectivity index (χ0) is 18.6. The molecule has 1 heterocycles. The van der Waals surface area contributed by atoms with Gasteiger partial charge in [-0.1, -0.05) is 26.0 Å². The summed E-state index contributed by atoms with van der Waals surface area (Å²) >= 11 is 0. The van der Waals surface area contributed by atoms with Crippen LogP contribution in [0.5, 0.6) is 0 Å². The second-order valence-corrected chi connectivity index (χ2v) is 5.89. The van der Waals surface area contributed by atoms with Gasteiger partial charge in [-0.2, -0.15) is 5.10 Å². The van der Waals surface area contributed by atoms with Gasteiger partial charge in [-0.3, -0.25) is 14.9 Å². The second kappa shape index (κ2) is 7.56. The maximum atomic E-state index is 12.2. The predicted octanol–water partition coefficient (Wildman–Crippen LogP) is 2.01. The molecule has 0 aliphatic heterocycles. The lowest BCUT2D eigenvalue weighted by atomic mass is 10.0. The van der Waals surface area contributed by atoms with Gasteiger partial charge in [0.1, 0.15) is 11.7 Å². The summed E-state index contributed by atoms with van der Waals surface area (Å²) in [4.78, 5) is 34.0. The number of nitrogens with zero attached hydrogens (tertiary/aromatic N) is 3. The first-order valence-corrected chi connectivity index (χ1v) is 7.62. The molecule has 0 saturated heterocycles. The largest absolute Gasteiger partial charge is 0.480 e. The normalized spacial score (nSPS) is 12.0. The van der Waals surface area contributed by atoms with Crippen molar-refractivity contribution in [2.45, 2.75) is 26.3 Å². The Balaban J connectivity index is 2.22. The van der Waals surface area contributed by atoms with Gasteiger partial charge in [0, 0.05) is 12.3 Å². The molecule has 0 spiro atoms. The van der Waals surface area contributed by atoms with Crippen molar-refractivity contribution in [1.82, 2.24) is 15.1 Å². The highest BCUT2D eigenvalue weighted by Crippen LogP contribution is 2.21. The minimum absolute atomic E-state index is 0.0202. The fourth-order valence-electron chi connectivity index (χ4n) is 2.32. The lowest BCUT2D eigenvalue weighted by molar-refractivity contribution is -0.384. The molecule has 2 N–H and O–H groups in total. The summed E-state index contributed by atoms with van der Waals surface area (Å²) in [6, 6.07) is 6.34. The molecule has 1 aromatic carbocycles. The molecule has 1 aromatic heterocycles. The molecule has 0 bridgehead atoms. The van der Waals surface area contributed by atoms with Gasteiger partial charge in [0.25, 0.3) is 11.6 Å². The van der Waals surface area contributed by atoms with Gasteiger partial charge < -0.3 is 10.4 Å². The molecule has 1 unspecified atom stereocenters. The topological polar surface area (TPSA) is 127 Å². The Bertz CT molecular complexity index is 799. The summed E-state index contributed by atoms with van der Waals surface area (Å²) in [5.74, 6) is -1.68. The van der Waals surface area contributed by atoms with Crippen molar-refractivity contribution >= 4 is 17.6 Å². The van der Waals surface area contributed by atoms with Crippen LogP contribution in [0.2, 0.25) is 0 Å². The lowest BCUT2D eigenvalue weighted by Crippen LogP contribution is -2.41. The highest BCUT2D eigenvalue weighted by atomic mass is 16.6. The van der Waals surface area contributed by atoms with Gasteiger partial charge in [-0.25, -0.2) is 9.48 Å². The Kier molecular flexibility index (Phi) is 5.48. The summed E-state index contributed by atoms with van der Waals surface area (Å²) in [7, 11) is 0. The first-order valence-electron chi connectivity index (χ1n) is 7.62. The fraction of sp³-hybridized carbons (Fsp3) is 0.312. The first kappa shape index (κ1) is 18.1. The molecular formula is C16H18N4O5. The molecule has 2 aromatic rings. The number of hydrogen-bond acceptors (Lipinski definition) is 5. The van der Waals surface area contributed by atoms with Gasteiger partial charge >= 0.3 is 5.97 Å². The van der Waals surface area contributed by atoms with Crippen molar-refractivity contribution in [1.29, 1.82) is 0 Å². The lowest BCUT2D eigenvalue weighted by Gasteiger charge is -2.15. The van der Waals surface area contributed by atoms with Crippen molar-refractivity contribution in [3.05, 3.63) is 52.3 Å². The third kappa shape index (κ3) is 4.40. The third-order valence-corrected chi connectivity index (χ3v) is 3.46. The van der Waals surface area contributed by atoms with Crippen LogP contribution in [-0.4, -0.2) is 37.7 Å². The molecule has 132 valence electrons. The van der Waals surface area contributed by atoms with Gasteiger partial charge in [-0.05, 0) is 24.5 Å². The average Bonchev–Trinajstić information content (AvgIpc) is 3.03. The van der Waals surface area contributed by atoms with Crippen LogP contribution in [0.4, 0.5) is 5.69 Å². The van der Waals surface area contributed by atoms with Crippen LogP contribution >= 0.6 is 0 Å². The second-order valence-electron chi connectivity index (χ2n) is 5.89. The molecule has 1 atom stereocenters. The van der Waals surface area contributed by atoms with Crippen molar-refractivity contribution in [2.24, 2.45) is 5.92 Å². The van der Waals surface area contributed by atoms with E-state index in [0.717, 1.165) is 0 Å². The molecule has 9 heteroatoms. The van der Waals surface area contributed by atoms with Crippen LogP contribution in [0.3, 0.4) is 0 Å². The minimum atomic E-state index is -1.12. The SMILES string of the molecule is CC(C)CC(NC(=O)c1ccn(-c2ccccc2[N+](=O)[O-])n1)C(=O)O. The number of carbonyl (C=O) groups excluding carboxylic acids is 1. The van der Waals surface area contributed by atoms with Gasteiger partial charge in [0.2, 0.25) is 0 Å². The Hall–Kier alpha value is -3.23. The summed E-state index contributed by atoms with van der Waals surface area (Å²) in [6.45, 7) is 3.71. The number of carboxylic acid groups (broad SMARTS) is 1. The van der Waals surface area contributed by atoms with Crippen LogP contribution in [0, 0.1) is 16.0 Å². The standard InChI is InChI=1S/C16H18N4O5/c1-10(2)9-12(16(22)23)17-15(21)11-7-8-19(18-11)13-5-3-4-6-14(13)20(24)25/h3-8,10,12H,9H2,1-2H3,(H,17,21)(H,22,23). The minimum Gasteiger partial charge on any atom is -0.480 e. The number of para-hydroxylation sites is 2. The van der Waals surface area contributed by atoms with Gasteiger partial charge in [0.05, 0.1) is 4.92 Å². The van der Waals surface area contributed by atoms with Crippen molar-refractivity contribution < 1.29 is 19.6 Å². The molecule has 0 saturated carbocycles. The highest BCUT2D eigenvalue weighted by Gasteiger charge is 2.23. The smallest absolute Gasteiger partial charge is 0.326 e. The number of hydrogen-bond donors (Lipinski definition) is 2. The monoisotopic (exact) mass is 346 g/mol. The quantitative estimate of drug-likeness (QED) is 0.583. The number of aromatic nitrogens is 2. The number of nitro benzene ring substituents is 1. The van der Waals surface area contributed by atoms with E-state index in [9.17, 15) is 24.8 Å². The number of benzene rings is 1.